The van der Waals surface area contributed by atoms with Crippen molar-refractivity contribution < 1.29 is 18.7 Å². The molecule has 0 unspecified atom stereocenters. The SMILES string of the molecule is COc1cccc(OC)c1C(=O)Nc1cc(Cl)ccc1F. The first kappa shape index (κ1) is 15.1. The van der Waals surface area contributed by atoms with E-state index in [4.69, 9.17) is 21.1 Å². The highest BCUT2D eigenvalue weighted by molar-refractivity contribution is 6.31. The average molecular weight is 310 g/mol. The zero-order valence-corrected chi connectivity index (χ0v) is 12.2. The van der Waals surface area contributed by atoms with Crippen LogP contribution in [-0.4, -0.2) is 20.1 Å². The third kappa shape index (κ3) is 3.25. The molecule has 0 aliphatic rings. The van der Waals surface area contributed by atoms with Crippen LogP contribution in [0.4, 0.5) is 10.1 Å². The van der Waals surface area contributed by atoms with Gasteiger partial charge in [-0.2, -0.15) is 0 Å². The van der Waals surface area contributed by atoms with E-state index < -0.39 is 11.7 Å². The highest BCUT2D eigenvalue weighted by Crippen LogP contribution is 2.29. The summed E-state index contributed by atoms with van der Waals surface area (Å²) in [6, 6.07) is 8.83. The van der Waals surface area contributed by atoms with Crippen LogP contribution in [0.25, 0.3) is 0 Å². The minimum atomic E-state index is -0.582. The molecule has 0 saturated carbocycles. The molecule has 0 aliphatic heterocycles. The molecule has 2 aromatic rings. The van der Waals surface area contributed by atoms with E-state index in [9.17, 15) is 9.18 Å². The Labute approximate surface area is 126 Å². The van der Waals surface area contributed by atoms with Crippen molar-refractivity contribution in [2.75, 3.05) is 19.5 Å². The standard InChI is InChI=1S/C15H13ClFNO3/c1-20-12-4-3-5-13(21-2)14(12)15(19)18-11-8-9(16)6-7-10(11)17/h3-8H,1-2H3,(H,18,19). The number of anilines is 1. The molecule has 0 bridgehead atoms. The molecular formula is C15H13ClFNO3. The van der Waals surface area contributed by atoms with Crippen molar-refractivity contribution in [2.24, 2.45) is 0 Å². The maximum atomic E-state index is 13.7. The molecule has 0 fully saturated rings. The van der Waals surface area contributed by atoms with Crippen LogP contribution in [0, 0.1) is 5.82 Å². The molecule has 2 aromatic carbocycles. The first-order valence-corrected chi connectivity index (χ1v) is 6.42. The summed E-state index contributed by atoms with van der Waals surface area (Å²) >= 11 is 5.80. The molecular weight excluding hydrogens is 297 g/mol. The van der Waals surface area contributed by atoms with Crippen molar-refractivity contribution in [3.63, 3.8) is 0 Å². The van der Waals surface area contributed by atoms with Gasteiger partial charge in [0, 0.05) is 5.02 Å². The minimum absolute atomic E-state index is 0.0135. The van der Waals surface area contributed by atoms with Crippen LogP contribution < -0.4 is 14.8 Å². The number of halogens is 2. The summed E-state index contributed by atoms with van der Waals surface area (Å²) in [5.74, 6) is -0.476. The number of nitrogens with one attached hydrogen (secondary N) is 1. The monoisotopic (exact) mass is 309 g/mol. The molecule has 110 valence electrons. The van der Waals surface area contributed by atoms with E-state index in [1.807, 2.05) is 0 Å². The van der Waals surface area contributed by atoms with Crippen molar-refractivity contribution >= 4 is 23.2 Å². The fraction of sp³-hybridized carbons (Fsp3) is 0.133. The van der Waals surface area contributed by atoms with Gasteiger partial charge in [0.1, 0.15) is 22.9 Å². The summed E-state index contributed by atoms with van der Waals surface area (Å²) < 4.78 is 24.0. The summed E-state index contributed by atoms with van der Waals surface area (Å²) in [5, 5.41) is 2.78. The van der Waals surface area contributed by atoms with Gasteiger partial charge < -0.3 is 14.8 Å². The van der Waals surface area contributed by atoms with Crippen molar-refractivity contribution in [3.8, 4) is 11.5 Å². The molecule has 0 heterocycles. The zero-order valence-electron chi connectivity index (χ0n) is 11.4. The predicted octanol–water partition coefficient (Wildman–Crippen LogP) is 3.75. The van der Waals surface area contributed by atoms with E-state index in [1.54, 1.807) is 18.2 Å². The fourth-order valence-electron chi connectivity index (χ4n) is 1.85. The Balaban J connectivity index is 2.38. The molecule has 0 spiro atoms. The highest BCUT2D eigenvalue weighted by Gasteiger charge is 2.19. The number of benzene rings is 2. The summed E-state index contributed by atoms with van der Waals surface area (Å²) in [6.45, 7) is 0. The van der Waals surface area contributed by atoms with Gasteiger partial charge in [-0.25, -0.2) is 4.39 Å². The summed E-state index contributed by atoms with van der Waals surface area (Å²) in [7, 11) is 2.87. The van der Waals surface area contributed by atoms with Gasteiger partial charge in [0.15, 0.2) is 0 Å². The molecule has 0 saturated heterocycles. The lowest BCUT2D eigenvalue weighted by Gasteiger charge is -2.13. The average Bonchev–Trinajstić information content (AvgIpc) is 2.49. The van der Waals surface area contributed by atoms with Crippen molar-refractivity contribution in [2.45, 2.75) is 0 Å². The predicted molar refractivity (Wildman–Crippen MR) is 78.9 cm³/mol. The second-order valence-corrected chi connectivity index (χ2v) is 4.55. The van der Waals surface area contributed by atoms with Crippen LogP contribution in [-0.2, 0) is 0 Å². The molecule has 0 atom stereocenters. The Kier molecular flexibility index (Phi) is 4.65. The second-order valence-electron chi connectivity index (χ2n) is 4.12. The summed E-state index contributed by atoms with van der Waals surface area (Å²) in [6.07, 6.45) is 0. The molecule has 2 rings (SSSR count). The number of hydrogen-bond acceptors (Lipinski definition) is 3. The lowest BCUT2D eigenvalue weighted by atomic mass is 10.1. The van der Waals surface area contributed by atoms with Crippen molar-refractivity contribution in [1.82, 2.24) is 0 Å². The van der Waals surface area contributed by atoms with Crippen LogP contribution in [0.15, 0.2) is 36.4 Å². The number of methoxy groups -OCH3 is 2. The Morgan fingerprint density at radius 1 is 1.14 bits per heavy atom. The number of carbonyl (C=O) groups is 1. The van der Waals surface area contributed by atoms with Crippen LogP contribution in [0.2, 0.25) is 5.02 Å². The molecule has 0 radical (unpaired) electrons. The number of rotatable bonds is 4. The largest absolute Gasteiger partial charge is 0.496 e. The molecule has 21 heavy (non-hydrogen) atoms. The van der Waals surface area contributed by atoms with Crippen LogP contribution in [0.5, 0.6) is 11.5 Å². The Bertz CT molecular complexity index is 654. The third-order valence-electron chi connectivity index (χ3n) is 2.83. The van der Waals surface area contributed by atoms with Gasteiger partial charge in [0.05, 0.1) is 19.9 Å². The van der Waals surface area contributed by atoms with Crippen LogP contribution >= 0.6 is 11.6 Å². The Morgan fingerprint density at radius 2 is 1.76 bits per heavy atom. The van der Waals surface area contributed by atoms with Gasteiger partial charge in [0.2, 0.25) is 0 Å². The quantitative estimate of drug-likeness (QED) is 0.935. The third-order valence-corrected chi connectivity index (χ3v) is 3.07. The molecule has 1 amide bonds. The fourth-order valence-corrected chi connectivity index (χ4v) is 2.03. The maximum absolute atomic E-state index is 13.7. The normalized spacial score (nSPS) is 10.1. The molecule has 4 nitrogen and oxygen atoms in total. The van der Waals surface area contributed by atoms with Gasteiger partial charge in [-0.3, -0.25) is 4.79 Å². The van der Waals surface area contributed by atoms with Crippen molar-refractivity contribution in [3.05, 3.63) is 52.8 Å². The molecule has 0 aromatic heterocycles. The molecule has 1 N–H and O–H groups in total. The Hall–Kier alpha value is -2.27. The Morgan fingerprint density at radius 3 is 2.33 bits per heavy atom. The van der Waals surface area contributed by atoms with Gasteiger partial charge in [-0.15, -0.1) is 0 Å². The van der Waals surface area contributed by atoms with E-state index in [2.05, 4.69) is 5.32 Å². The van der Waals surface area contributed by atoms with E-state index in [0.717, 1.165) is 0 Å². The van der Waals surface area contributed by atoms with Crippen molar-refractivity contribution in [1.29, 1.82) is 0 Å². The van der Waals surface area contributed by atoms with Gasteiger partial charge in [0.25, 0.3) is 5.91 Å². The minimum Gasteiger partial charge on any atom is -0.496 e. The maximum Gasteiger partial charge on any atom is 0.263 e. The molecule has 0 aliphatic carbocycles. The highest BCUT2D eigenvalue weighted by atomic mass is 35.5. The van der Waals surface area contributed by atoms with Gasteiger partial charge in [-0.1, -0.05) is 17.7 Å². The lowest BCUT2D eigenvalue weighted by molar-refractivity contribution is 0.102. The van der Waals surface area contributed by atoms with E-state index >= 15 is 0 Å². The summed E-state index contributed by atoms with van der Waals surface area (Å²) in [4.78, 5) is 12.4. The first-order chi connectivity index (χ1) is 10.1. The number of ether oxygens (including phenoxy) is 2. The lowest BCUT2D eigenvalue weighted by Crippen LogP contribution is -2.15. The zero-order chi connectivity index (χ0) is 15.4. The first-order valence-electron chi connectivity index (χ1n) is 6.04. The van der Waals surface area contributed by atoms with Crippen LogP contribution in [0.1, 0.15) is 10.4 Å². The van der Waals surface area contributed by atoms with Crippen LogP contribution in [0.3, 0.4) is 0 Å². The number of carbonyl (C=O) groups excluding carboxylic acids is 1. The molecule has 6 heteroatoms. The number of amides is 1. The topological polar surface area (TPSA) is 47.6 Å². The summed E-state index contributed by atoms with van der Waals surface area (Å²) in [5.41, 5.74) is 0.169. The van der Waals surface area contributed by atoms with Gasteiger partial charge in [-0.05, 0) is 30.3 Å². The van der Waals surface area contributed by atoms with E-state index in [0.29, 0.717) is 16.5 Å². The van der Waals surface area contributed by atoms with Gasteiger partial charge >= 0.3 is 0 Å². The van der Waals surface area contributed by atoms with E-state index in [-0.39, 0.29) is 11.3 Å². The smallest absolute Gasteiger partial charge is 0.263 e. The number of hydrogen-bond donors (Lipinski definition) is 1. The second kappa shape index (κ2) is 6.45. The van der Waals surface area contributed by atoms with E-state index in [1.165, 1.54) is 32.4 Å².